The number of hydrogen-bond donors (Lipinski definition) is 1. The Morgan fingerprint density at radius 3 is 2.69 bits per heavy atom. The summed E-state index contributed by atoms with van der Waals surface area (Å²) in [7, 11) is 0. The Morgan fingerprint density at radius 2 is 2.25 bits per heavy atom. The Bertz CT molecular complexity index is 261. The molecule has 0 atom stereocenters. The molecule has 1 aliphatic heterocycles. The van der Waals surface area contributed by atoms with Crippen molar-refractivity contribution in [3.05, 3.63) is 11.6 Å². The highest BCUT2D eigenvalue weighted by Crippen LogP contribution is 2.31. The summed E-state index contributed by atoms with van der Waals surface area (Å²) < 4.78 is 10.7. The van der Waals surface area contributed by atoms with Crippen LogP contribution in [0.1, 0.15) is 26.7 Å². The van der Waals surface area contributed by atoms with Crippen molar-refractivity contribution in [3.8, 4) is 0 Å². The van der Waals surface area contributed by atoms with Gasteiger partial charge in [0.05, 0.1) is 26.4 Å². The number of rotatable bonds is 7. The minimum atomic E-state index is -0.863. The van der Waals surface area contributed by atoms with E-state index < -0.39 is 5.97 Å². The van der Waals surface area contributed by atoms with Crippen LogP contribution in [0.15, 0.2) is 11.6 Å². The first-order chi connectivity index (χ1) is 7.59. The average molecular weight is 228 g/mol. The monoisotopic (exact) mass is 228 g/mol. The van der Waals surface area contributed by atoms with Crippen molar-refractivity contribution in [2.24, 2.45) is 5.41 Å². The number of ether oxygens (including phenoxy) is 2. The summed E-state index contributed by atoms with van der Waals surface area (Å²) in [5, 5.41) is 8.63. The standard InChI is InChI=1S/C12H20O4/c1-3-12(8-16-9-12)7-15-6-4-5-10(2)11(13)14/h5H,3-4,6-9H2,1-2H3,(H,13,14). The largest absolute Gasteiger partial charge is 0.478 e. The molecule has 92 valence electrons. The maximum absolute atomic E-state index is 10.5. The van der Waals surface area contributed by atoms with Crippen LogP contribution in [0, 0.1) is 5.41 Å². The molecule has 16 heavy (non-hydrogen) atoms. The van der Waals surface area contributed by atoms with Gasteiger partial charge in [-0.2, -0.15) is 0 Å². The lowest BCUT2D eigenvalue weighted by Crippen LogP contribution is -2.45. The van der Waals surface area contributed by atoms with E-state index in [1.807, 2.05) is 0 Å². The van der Waals surface area contributed by atoms with Gasteiger partial charge in [0.25, 0.3) is 0 Å². The molecular formula is C12H20O4. The van der Waals surface area contributed by atoms with E-state index in [0.29, 0.717) is 25.2 Å². The maximum Gasteiger partial charge on any atom is 0.330 e. The summed E-state index contributed by atoms with van der Waals surface area (Å²) in [5.41, 5.74) is 0.590. The lowest BCUT2D eigenvalue weighted by Gasteiger charge is -2.40. The average Bonchev–Trinajstić information content (AvgIpc) is 2.20. The highest BCUT2D eigenvalue weighted by molar-refractivity contribution is 5.85. The second kappa shape index (κ2) is 6.01. The number of aliphatic carboxylic acids is 1. The molecule has 1 fully saturated rings. The predicted molar refractivity (Wildman–Crippen MR) is 60.4 cm³/mol. The Morgan fingerprint density at radius 1 is 1.56 bits per heavy atom. The molecule has 0 radical (unpaired) electrons. The molecule has 0 saturated carbocycles. The van der Waals surface area contributed by atoms with Crippen molar-refractivity contribution in [2.45, 2.75) is 26.7 Å². The van der Waals surface area contributed by atoms with Gasteiger partial charge < -0.3 is 14.6 Å². The molecule has 0 bridgehead atoms. The van der Waals surface area contributed by atoms with E-state index in [1.165, 1.54) is 0 Å². The molecule has 4 heteroatoms. The van der Waals surface area contributed by atoms with Crippen LogP contribution < -0.4 is 0 Å². The predicted octanol–water partition coefficient (Wildman–Crippen LogP) is 1.85. The van der Waals surface area contributed by atoms with Gasteiger partial charge in [0.2, 0.25) is 0 Å². The third-order valence-corrected chi connectivity index (χ3v) is 3.02. The molecule has 4 nitrogen and oxygen atoms in total. The minimum absolute atomic E-state index is 0.214. The minimum Gasteiger partial charge on any atom is -0.478 e. The van der Waals surface area contributed by atoms with Crippen LogP contribution in [0.2, 0.25) is 0 Å². The summed E-state index contributed by atoms with van der Waals surface area (Å²) in [6, 6.07) is 0. The number of hydrogen-bond acceptors (Lipinski definition) is 3. The zero-order valence-corrected chi connectivity index (χ0v) is 9.99. The highest BCUT2D eigenvalue weighted by atomic mass is 16.5. The molecule has 1 saturated heterocycles. The fourth-order valence-corrected chi connectivity index (χ4v) is 1.52. The fourth-order valence-electron chi connectivity index (χ4n) is 1.52. The SMILES string of the molecule is CCC1(COCCC=C(C)C(=O)O)COC1. The van der Waals surface area contributed by atoms with Crippen LogP contribution in [0.4, 0.5) is 0 Å². The van der Waals surface area contributed by atoms with Crippen LogP contribution >= 0.6 is 0 Å². The van der Waals surface area contributed by atoms with Gasteiger partial charge in [-0.1, -0.05) is 13.0 Å². The zero-order valence-electron chi connectivity index (χ0n) is 9.99. The molecule has 0 aromatic heterocycles. The van der Waals surface area contributed by atoms with Crippen LogP contribution in [0.3, 0.4) is 0 Å². The van der Waals surface area contributed by atoms with Gasteiger partial charge in [0.15, 0.2) is 0 Å². The molecule has 1 N–H and O–H groups in total. The first kappa shape index (κ1) is 13.2. The fraction of sp³-hybridized carbons (Fsp3) is 0.750. The van der Waals surface area contributed by atoms with E-state index in [9.17, 15) is 4.79 Å². The van der Waals surface area contributed by atoms with Crippen molar-refractivity contribution in [1.29, 1.82) is 0 Å². The zero-order chi connectivity index (χ0) is 12.0. The van der Waals surface area contributed by atoms with Gasteiger partial charge in [-0.15, -0.1) is 0 Å². The lowest BCUT2D eigenvalue weighted by atomic mass is 9.84. The van der Waals surface area contributed by atoms with Crippen LogP contribution in [0.5, 0.6) is 0 Å². The summed E-state index contributed by atoms with van der Waals surface area (Å²) in [6.45, 7) is 6.59. The molecule has 0 unspecified atom stereocenters. The van der Waals surface area contributed by atoms with Crippen molar-refractivity contribution in [3.63, 3.8) is 0 Å². The number of carbonyl (C=O) groups is 1. The Hall–Kier alpha value is -0.870. The van der Waals surface area contributed by atoms with Crippen LogP contribution in [-0.2, 0) is 14.3 Å². The van der Waals surface area contributed by atoms with Crippen molar-refractivity contribution >= 4 is 5.97 Å². The van der Waals surface area contributed by atoms with E-state index >= 15 is 0 Å². The van der Waals surface area contributed by atoms with Crippen LogP contribution in [0.25, 0.3) is 0 Å². The smallest absolute Gasteiger partial charge is 0.330 e. The summed E-state index contributed by atoms with van der Waals surface area (Å²) >= 11 is 0. The van der Waals surface area contributed by atoms with Gasteiger partial charge in [-0.05, 0) is 19.8 Å². The van der Waals surface area contributed by atoms with E-state index in [2.05, 4.69) is 6.92 Å². The second-order valence-corrected chi connectivity index (χ2v) is 4.38. The van der Waals surface area contributed by atoms with E-state index in [4.69, 9.17) is 14.6 Å². The van der Waals surface area contributed by atoms with E-state index in [0.717, 1.165) is 19.6 Å². The lowest BCUT2D eigenvalue weighted by molar-refractivity contribution is -0.149. The van der Waals surface area contributed by atoms with Gasteiger partial charge in [-0.25, -0.2) is 4.79 Å². The molecule has 0 spiro atoms. The third-order valence-electron chi connectivity index (χ3n) is 3.02. The summed E-state index contributed by atoms with van der Waals surface area (Å²) in [5.74, 6) is -0.863. The van der Waals surface area contributed by atoms with E-state index in [1.54, 1.807) is 13.0 Å². The Balaban J connectivity index is 2.12. The van der Waals surface area contributed by atoms with Gasteiger partial charge in [-0.3, -0.25) is 0 Å². The van der Waals surface area contributed by atoms with Crippen molar-refractivity contribution in [2.75, 3.05) is 26.4 Å². The first-order valence-corrected chi connectivity index (χ1v) is 5.65. The number of carboxylic acids is 1. The van der Waals surface area contributed by atoms with Gasteiger partial charge in [0.1, 0.15) is 0 Å². The maximum atomic E-state index is 10.5. The van der Waals surface area contributed by atoms with Crippen molar-refractivity contribution in [1.82, 2.24) is 0 Å². The highest BCUT2D eigenvalue weighted by Gasteiger charge is 2.36. The van der Waals surface area contributed by atoms with E-state index in [-0.39, 0.29) is 5.41 Å². The quantitative estimate of drug-likeness (QED) is 0.533. The molecule has 1 rings (SSSR count). The molecule has 0 aromatic rings. The molecule has 0 aromatic carbocycles. The van der Waals surface area contributed by atoms with Crippen LogP contribution in [-0.4, -0.2) is 37.5 Å². The second-order valence-electron chi connectivity index (χ2n) is 4.38. The topological polar surface area (TPSA) is 55.8 Å². The van der Waals surface area contributed by atoms with Crippen molar-refractivity contribution < 1.29 is 19.4 Å². The molecule has 0 aliphatic carbocycles. The summed E-state index contributed by atoms with van der Waals surface area (Å²) in [6.07, 6.45) is 3.41. The molecule has 1 aliphatic rings. The van der Waals surface area contributed by atoms with Gasteiger partial charge in [0, 0.05) is 11.0 Å². The van der Waals surface area contributed by atoms with Gasteiger partial charge >= 0.3 is 5.97 Å². The molecule has 0 amide bonds. The number of carboxylic acid groups (broad SMARTS) is 1. The molecular weight excluding hydrogens is 208 g/mol. The normalized spacial score (nSPS) is 19.2. The Labute approximate surface area is 96.2 Å². The Kier molecular flexibility index (Phi) is 4.96. The first-order valence-electron chi connectivity index (χ1n) is 5.65. The third kappa shape index (κ3) is 3.61. The summed E-state index contributed by atoms with van der Waals surface area (Å²) in [4.78, 5) is 10.5. The molecule has 1 heterocycles.